The Morgan fingerprint density at radius 1 is 1.29 bits per heavy atom. The lowest BCUT2D eigenvalue weighted by Crippen LogP contribution is -1.90. The maximum absolute atomic E-state index is 5.65. The molecular weight excluding hydrogens is 174 g/mol. The number of hydrogen-bond acceptors (Lipinski definition) is 2. The van der Waals surface area contributed by atoms with Crippen LogP contribution in [-0.2, 0) is 6.42 Å². The molecule has 0 bridgehead atoms. The van der Waals surface area contributed by atoms with E-state index < -0.39 is 0 Å². The van der Waals surface area contributed by atoms with Crippen LogP contribution in [0.5, 0.6) is 5.75 Å². The van der Waals surface area contributed by atoms with Gasteiger partial charge in [-0.1, -0.05) is 12.1 Å². The zero-order valence-electron chi connectivity index (χ0n) is 8.08. The van der Waals surface area contributed by atoms with Crippen LogP contribution in [0.3, 0.4) is 0 Å². The van der Waals surface area contributed by atoms with Crippen LogP contribution in [-0.4, -0.2) is 11.6 Å². The van der Waals surface area contributed by atoms with E-state index in [1.807, 2.05) is 18.2 Å². The molecule has 0 unspecified atom stereocenters. The maximum atomic E-state index is 5.65. The van der Waals surface area contributed by atoms with Gasteiger partial charge in [0, 0.05) is 23.1 Å². The van der Waals surface area contributed by atoms with Gasteiger partial charge in [-0.3, -0.25) is 4.98 Å². The number of aromatic nitrogens is 1. The van der Waals surface area contributed by atoms with Crippen molar-refractivity contribution in [2.75, 3.05) is 6.61 Å². The lowest BCUT2D eigenvalue weighted by molar-refractivity contribution is 0.360. The van der Waals surface area contributed by atoms with Gasteiger partial charge in [0.05, 0.1) is 12.1 Å². The third kappa shape index (κ3) is 0.939. The van der Waals surface area contributed by atoms with E-state index in [2.05, 4.69) is 18.0 Å². The van der Waals surface area contributed by atoms with Crippen molar-refractivity contribution in [1.82, 2.24) is 4.98 Å². The van der Waals surface area contributed by atoms with Gasteiger partial charge in [-0.15, -0.1) is 0 Å². The van der Waals surface area contributed by atoms with Crippen LogP contribution < -0.4 is 4.74 Å². The monoisotopic (exact) mass is 185 g/mol. The Hall–Kier alpha value is -1.57. The van der Waals surface area contributed by atoms with Crippen molar-refractivity contribution in [2.24, 2.45) is 0 Å². The molecule has 0 saturated heterocycles. The SMILES string of the molecule is Cc1nc2ccccc2c2c1CCO2. The molecule has 14 heavy (non-hydrogen) atoms. The average Bonchev–Trinajstić information content (AvgIpc) is 2.67. The van der Waals surface area contributed by atoms with Gasteiger partial charge in [0.2, 0.25) is 0 Å². The van der Waals surface area contributed by atoms with Crippen molar-refractivity contribution in [3.05, 3.63) is 35.5 Å². The average molecular weight is 185 g/mol. The third-order valence-electron chi connectivity index (χ3n) is 2.75. The number of benzene rings is 1. The van der Waals surface area contributed by atoms with Crippen molar-refractivity contribution in [2.45, 2.75) is 13.3 Å². The van der Waals surface area contributed by atoms with E-state index in [-0.39, 0.29) is 0 Å². The molecule has 0 saturated carbocycles. The van der Waals surface area contributed by atoms with Crippen molar-refractivity contribution in [3.63, 3.8) is 0 Å². The smallest absolute Gasteiger partial charge is 0.133 e. The largest absolute Gasteiger partial charge is 0.492 e. The second kappa shape index (κ2) is 2.71. The number of ether oxygens (including phenoxy) is 1. The molecule has 0 radical (unpaired) electrons. The van der Waals surface area contributed by atoms with Gasteiger partial charge >= 0.3 is 0 Å². The zero-order chi connectivity index (χ0) is 9.54. The molecule has 3 rings (SSSR count). The molecule has 0 N–H and O–H groups in total. The van der Waals surface area contributed by atoms with E-state index in [9.17, 15) is 0 Å². The van der Waals surface area contributed by atoms with E-state index in [4.69, 9.17) is 4.74 Å². The number of aryl methyl sites for hydroxylation is 1. The highest BCUT2D eigenvalue weighted by Gasteiger charge is 2.18. The lowest BCUT2D eigenvalue weighted by Gasteiger charge is -2.06. The third-order valence-corrected chi connectivity index (χ3v) is 2.75. The van der Waals surface area contributed by atoms with Crippen molar-refractivity contribution in [3.8, 4) is 5.75 Å². The summed E-state index contributed by atoms with van der Waals surface area (Å²) in [6, 6.07) is 8.15. The number of nitrogens with zero attached hydrogens (tertiary/aromatic N) is 1. The highest BCUT2D eigenvalue weighted by atomic mass is 16.5. The minimum atomic E-state index is 0.797. The summed E-state index contributed by atoms with van der Waals surface area (Å²) >= 11 is 0. The highest BCUT2D eigenvalue weighted by Crippen LogP contribution is 2.34. The minimum absolute atomic E-state index is 0.797. The molecule has 0 spiro atoms. The molecule has 0 fully saturated rings. The van der Waals surface area contributed by atoms with Crippen LogP contribution in [0.25, 0.3) is 10.9 Å². The summed E-state index contributed by atoms with van der Waals surface area (Å²) in [6.45, 7) is 2.85. The molecule has 2 aromatic rings. The number of rotatable bonds is 0. The summed E-state index contributed by atoms with van der Waals surface area (Å²) in [7, 11) is 0. The van der Waals surface area contributed by atoms with Crippen LogP contribution in [0, 0.1) is 6.92 Å². The van der Waals surface area contributed by atoms with Crippen molar-refractivity contribution >= 4 is 10.9 Å². The predicted molar refractivity (Wildman–Crippen MR) is 55.7 cm³/mol. The number of pyridine rings is 1. The Morgan fingerprint density at radius 2 is 2.14 bits per heavy atom. The molecule has 0 aliphatic carbocycles. The summed E-state index contributed by atoms with van der Waals surface area (Å²) in [5.74, 6) is 1.05. The van der Waals surface area contributed by atoms with Gasteiger partial charge < -0.3 is 4.74 Å². The Kier molecular flexibility index (Phi) is 1.51. The van der Waals surface area contributed by atoms with Crippen LogP contribution in [0.1, 0.15) is 11.3 Å². The van der Waals surface area contributed by atoms with E-state index in [1.54, 1.807) is 0 Å². The molecule has 2 heteroatoms. The number of para-hydroxylation sites is 1. The number of fused-ring (bicyclic) bond motifs is 3. The number of hydrogen-bond donors (Lipinski definition) is 0. The molecule has 2 heterocycles. The Bertz CT molecular complexity index is 505. The molecular formula is C12H11NO. The van der Waals surface area contributed by atoms with E-state index in [1.165, 1.54) is 5.56 Å². The van der Waals surface area contributed by atoms with Crippen LogP contribution in [0.2, 0.25) is 0 Å². The predicted octanol–water partition coefficient (Wildman–Crippen LogP) is 2.48. The van der Waals surface area contributed by atoms with E-state index in [0.717, 1.165) is 35.4 Å². The molecule has 1 aromatic heterocycles. The van der Waals surface area contributed by atoms with Gasteiger partial charge in [-0.2, -0.15) is 0 Å². The fourth-order valence-corrected chi connectivity index (χ4v) is 2.05. The molecule has 70 valence electrons. The first-order chi connectivity index (χ1) is 6.86. The second-order valence-corrected chi connectivity index (χ2v) is 3.62. The standard InChI is InChI=1S/C12H11NO/c1-8-9-6-7-14-12(9)10-4-2-3-5-11(10)13-8/h2-5H,6-7H2,1H3. The van der Waals surface area contributed by atoms with Gasteiger partial charge in [0.25, 0.3) is 0 Å². The lowest BCUT2D eigenvalue weighted by atomic mass is 10.1. The topological polar surface area (TPSA) is 22.1 Å². The van der Waals surface area contributed by atoms with Crippen LogP contribution in [0.4, 0.5) is 0 Å². The molecule has 0 amide bonds. The van der Waals surface area contributed by atoms with Gasteiger partial charge in [-0.25, -0.2) is 0 Å². The Labute approximate surface area is 82.5 Å². The minimum Gasteiger partial charge on any atom is -0.492 e. The summed E-state index contributed by atoms with van der Waals surface area (Å²) in [5, 5.41) is 1.14. The fraction of sp³-hybridized carbons (Fsp3) is 0.250. The summed E-state index contributed by atoms with van der Waals surface area (Å²) in [6.07, 6.45) is 0.999. The van der Waals surface area contributed by atoms with Crippen molar-refractivity contribution in [1.29, 1.82) is 0 Å². The molecule has 1 aliphatic heterocycles. The van der Waals surface area contributed by atoms with Gasteiger partial charge in [-0.05, 0) is 19.1 Å². The van der Waals surface area contributed by atoms with Crippen LogP contribution >= 0.6 is 0 Å². The first-order valence-electron chi connectivity index (χ1n) is 4.87. The molecule has 1 aliphatic rings. The first kappa shape index (κ1) is 7.80. The second-order valence-electron chi connectivity index (χ2n) is 3.62. The Balaban J connectivity index is 2.46. The maximum Gasteiger partial charge on any atom is 0.133 e. The van der Waals surface area contributed by atoms with E-state index in [0.29, 0.717) is 0 Å². The van der Waals surface area contributed by atoms with Crippen LogP contribution in [0.15, 0.2) is 24.3 Å². The van der Waals surface area contributed by atoms with Gasteiger partial charge in [0.1, 0.15) is 5.75 Å². The summed E-state index contributed by atoms with van der Waals surface area (Å²) in [5.41, 5.74) is 3.42. The zero-order valence-corrected chi connectivity index (χ0v) is 8.08. The van der Waals surface area contributed by atoms with Gasteiger partial charge in [0.15, 0.2) is 0 Å². The molecule has 1 aromatic carbocycles. The van der Waals surface area contributed by atoms with Crippen molar-refractivity contribution < 1.29 is 4.74 Å². The summed E-state index contributed by atoms with van der Waals surface area (Å²) < 4.78 is 5.65. The summed E-state index contributed by atoms with van der Waals surface area (Å²) in [4.78, 5) is 4.57. The molecule has 0 atom stereocenters. The first-order valence-corrected chi connectivity index (χ1v) is 4.87. The normalized spacial score (nSPS) is 14.1. The fourth-order valence-electron chi connectivity index (χ4n) is 2.05. The Morgan fingerprint density at radius 3 is 3.07 bits per heavy atom. The van der Waals surface area contributed by atoms with E-state index >= 15 is 0 Å². The molecule has 2 nitrogen and oxygen atoms in total. The highest BCUT2D eigenvalue weighted by molar-refractivity contribution is 5.87. The quantitative estimate of drug-likeness (QED) is 0.629.